The number of hydrogen-bond donors (Lipinski definition) is 1. The van der Waals surface area contributed by atoms with Gasteiger partial charge in [0.25, 0.3) is 0 Å². The van der Waals surface area contributed by atoms with E-state index in [1.807, 2.05) is 19.2 Å². The predicted molar refractivity (Wildman–Crippen MR) is 113 cm³/mol. The molecule has 1 amide bonds. The number of carbonyl (C=O) groups is 1. The zero-order chi connectivity index (χ0) is 18.9. The van der Waals surface area contributed by atoms with E-state index in [0.29, 0.717) is 17.4 Å². The first-order valence-electron chi connectivity index (χ1n) is 9.85. The van der Waals surface area contributed by atoms with Gasteiger partial charge in [0.05, 0.1) is 0 Å². The van der Waals surface area contributed by atoms with Crippen molar-refractivity contribution in [3.05, 3.63) is 71.3 Å². The van der Waals surface area contributed by atoms with E-state index >= 15 is 0 Å². The lowest BCUT2D eigenvalue weighted by Gasteiger charge is -2.55. The fourth-order valence-corrected chi connectivity index (χ4v) is 5.33. The van der Waals surface area contributed by atoms with Gasteiger partial charge in [-0.25, -0.2) is 0 Å². The molecule has 28 heavy (non-hydrogen) atoms. The van der Waals surface area contributed by atoms with Crippen molar-refractivity contribution in [2.75, 3.05) is 20.2 Å². The molecule has 2 aromatic carbocycles. The molecule has 2 N–H and O–H groups in total. The van der Waals surface area contributed by atoms with Gasteiger partial charge in [0.1, 0.15) is 5.60 Å². The highest BCUT2D eigenvalue weighted by molar-refractivity contribution is 5.92. The standard InChI is InChI=1S/C23H28N2O2.ClH/c1-27-23(19-10-5-9-18(13-19)22(24)26)20-11-6-12-21(23)16-25(15-20)14-17-7-3-2-4-8-17;/h2-5,7-10,13,20-21H,6,11-12,14-16H2,1H3,(H2,24,26);1H. The molecule has 0 aromatic heterocycles. The molecule has 1 saturated carbocycles. The van der Waals surface area contributed by atoms with Crippen LogP contribution in [0.4, 0.5) is 0 Å². The molecule has 2 fully saturated rings. The Hall–Kier alpha value is -1.88. The number of rotatable bonds is 5. The van der Waals surface area contributed by atoms with Crippen molar-refractivity contribution in [2.24, 2.45) is 17.6 Å². The van der Waals surface area contributed by atoms with Crippen LogP contribution in [0.2, 0.25) is 0 Å². The van der Waals surface area contributed by atoms with Crippen LogP contribution in [0.15, 0.2) is 54.6 Å². The number of nitrogens with zero attached hydrogens (tertiary/aromatic N) is 1. The van der Waals surface area contributed by atoms with E-state index in [1.165, 1.54) is 12.0 Å². The molecule has 0 spiro atoms. The van der Waals surface area contributed by atoms with Gasteiger partial charge in [-0.15, -0.1) is 12.4 Å². The Morgan fingerprint density at radius 1 is 1.11 bits per heavy atom. The van der Waals surface area contributed by atoms with Crippen LogP contribution < -0.4 is 5.73 Å². The fraction of sp³-hybridized carbons (Fsp3) is 0.435. The summed E-state index contributed by atoms with van der Waals surface area (Å²) < 4.78 is 6.29. The number of nitrogens with two attached hydrogens (primary N) is 1. The average molecular weight is 401 g/mol. The van der Waals surface area contributed by atoms with Gasteiger partial charge in [-0.05, 0) is 36.1 Å². The van der Waals surface area contributed by atoms with Gasteiger partial charge in [0.15, 0.2) is 0 Å². The number of fused-ring (bicyclic) bond motifs is 2. The number of methoxy groups -OCH3 is 1. The smallest absolute Gasteiger partial charge is 0.248 e. The molecule has 5 heteroatoms. The summed E-state index contributed by atoms with van der Waals surface area (Å²) in [5.41, 5.74) is 8.24. The van der Waals surface area contributed by atoms with Crippen molar-refractivity contribution in [1.82, 2.24) is 4.90 Å². The second-order valence-corrected chi connectivity index (χ2v) is 7.95. The number of likely N-dealkylation sites (tertiary alicyclic amines) is 1. The van der Waals surface area contributed by atoms with Crippen molar-refractivity contribution in [3.8, 4) is 0 Å². The Labute approximate surface area is 173 Å². The molecule has 1 saturated heterocycles. The van der Waals surface area contributed by atoms with Crippen LogP contribution in [0.5, 0.6) is 0 Å². The summed E-state index contributed by atoms with van der Waals surface area (Å²) in [7, 11) is 1.83. The molecule has 1 aliphatic heterocycles. The summed E-state index contributed by atoms with van der Waals surface area (Å²) in [4.78, 5) is 14.3. The Bertz CT molecular complexity index is 797. The van der Waals surface area contributed by atoms with Crippen LogP contribution in [-0.2, 0) is 16.9 Å². The summed E-state index contributed by atoms with van der Waals surface area (Å²) >= 11 is 0. The third-order valence-electron chi connectivity index (χ3n) is 6.46. The number of primary amides is 1. The number of amides is 1. The maximum Gasteiger partial charge on any atom is 0.248 e. The maximum atomic E-state index is 11.7. The number of halogens is 1. The summed E-state index contributed by atoms with van der Waals surface area (Å²) in [6.45, 7) is 3.01. The van der Waals surface area contributed by atoms with E-state index in [4.69, 9.17) is 10.5 Å². The Balaban J connectivity index is 0.00000225. The van der Waals surface area contributed by atoms with Crippen molar-refractivity contribution in [3.63, 3.8) is 0 Å². The van der Waals surface area contributed by atoms with E-state index in [1.54, 1.807) is 6.07 Å². The molecule has 0 radical (unpaired) electrons. The fourth-order valence-electron chi connectivity index (χ4n) is 5.33. The quantitative estimate of drug-likeness (QED) is 0.825. The van der Waals surface area contributed by atoms with Crippen LogP contribution in [0.25, 0.3) is 0 Å². The Kier molecular flexibility index (Phi) is 6.43. The summed E-state index contributed by atoms with van der Waals surface area (Å²) in [6.07, 6.45) is 3.54. The molecular formula is C23H29ClN2O2. The molecule has 2 aliphatic rings. The zero-order valence-corrected chi connectivity index (χ0v) is 17.2. The lowest BCUT2D eigenvalue weighted by Crippen LogP contribution is -2.58. The van der Waals surface area contributed by atoms with E-state index in [0.717, 1.165) is 38.0 Å². The van der Waals surface area contributed by atoms with Gasteiger partial charge >= 0.3 is 0 Å². The van der Waals surface area contributed by atoms with Gasteiger partial charge in [0.2, 0.25) is 5.91 Å². The lowest BCUT2D eigenvalue weighted by molar-refractivity contribution is -0.170. The minimum atomic E-state index is -0.380. The average Bonchev–Trinajstić information content (AvgIpc) is 2.68. The summed E-state index contributed by atoms with van der Waals surface area (Å²) in [5, 5.41) is 0. The van der Waals surface area contributed by atoms with Crippen molar-refractivity contribution < 1.29 is 9.53 Å². The molecule has 2 atom stereocenters. The Morgan fingerprint density at radius 3 is 2.39 bits per heavy atom. The number of ether oxygens (including phenoxy) is 1. The first-order chi connectivity index (χ1) is 13.1. The van der Waals surface area contributed by atoms with Crippen molar-refractivity contribution in [1.29, 1.82) is 0 Å². The molecule has 4 rings (SSSR count). The molecule has 150 valence electrons. The second kappa shape index (κ2) is 8.64. The third kappa shape index (κ3) is 3.69. The third-order valence-corrected chi connectivity index (χ3v) is 6.46. The normalized spacial score (nSPS) is 27.0. The van der Waals surface area contributed by atoms with Crippen LogP contribution in [0, 0.1) is 11.8 Å². The van der Waals surface area contributed by atoms with Gasteiger partial charge < -0.3 is 10.5 Å². The van der Waals surface area contributed by atoms with Crippen LogP contribution in [0.1, 0.15) is 40.7 Å². The molecule has 2 bridgehead atoms. The topological polar surface area (TPSA) is 55.6 Å². The van der Waals surface area contributed by atoms with Gasteiger partial charge in [-0.1, -0.05) is 48.9 Å². The largest absolute Gasteiger partial charge is 0.373 e. The highest BCUT2D eigenvalue weighted by atomic mass is 35.5. The minimum Gasteiger partial charge on any atom is -0.373 e. The van der Waals surface area contributed by atoms with Crippen molar-refractivity contribution >= 4 is 18.3 Å². The molecule has 4 nitrogen and oxygen atoms in total. The first-order valence-corrected chi connectivity index (χ1v) is 9.85. The minimum absolute atomic E-state index is 0. The number of carbonyl (C=O) groups excluding carboxylic acids is 1. The lowest BCUT2D eigenvalue weighted by atomic mass is 9.62. The van der Waals surface area contributed by atoms with Gasteiger partial charge in [-0.3, -0.25) is 9.69 Å². The van der Waals surface area contributed by atoms with Gasteiger partial charge in [-0.2, -0.15) is 0 Å². The highest BCUT2D eigenvalue weighted by Gasteiger charge is 2.53. The monoisotopic (exact) mass is 400 g/mol. The van der Waals surface area contributed by atoms with Crippen LogP contribution in [0.3, 0.4) is 0 Å². The second-order valence-electron chi connectivity index (χ2n) is 7.95. The highest BCUT2D eigenvalue weighted by Crippen LogP contribution is 2.51. The van der Waals surface area contributed by atoms with Gasteiger partial charge in [0, 0.05) is 44.1 Å². The Morgan fingerprint density at radius 2 is 1.79 bits per heavy atom. The number of benzene rings is 2. The van der Waals surface area contributed by atoms with E-state index < -0.39 is 0 Å². The number of hydrogen-bond acceptors (Lipinski definition) is 3. The van der Waals surface area contributed by atoms with Crippen LogP contribution >= 0.6 is 12.4 Å². The first kappa shape index (κ1) is 20.8. The van der Waals surface area contributed by atoms with Crippen LogP contribution in [-0.4, -0.2) is 31.0 Å². The molecule has 1 aliphatic carbocycles. The summed E-state index contributed by atoms with van der Waals surface area (Å²) in [6, 6.07) is 18.4. The summed E-state index contributed by atoms with van der Waals surface area (Å²) in [5.74, 6) is 0.457. The molecule has 1 heterocycles. The molecular weight excluding hydrogens is 372 g/mol. The van der Waals surface area contributed by atoms with E-state index in [9.17, 15) is 4.79 Å². The van der Waals surface area contributed by atoms with E-state index in [-0.39, 0.29) is 23.9 Å². The number of piperidine rings is 1. The SMILES string of the molecule is COC1(c2cccc(C(N)=O)c2)C2CCCC1CN(Cc1ccccc1)C2.Cl. The zero-order valence-electron chi connectivity index (χ0n) is 16.3. The predicted octanol–water partition coefficient (Wildman–Crippen LogP) is 3.98. The maximum absolute atomic E-state index is 11.7. The van der Waals surface area contributed by atoms with E-state index in [2.05, 4.69) is 41.3 Å². The van der Waals surface area contributed by atoms with Crippen molar-refractivity contribution in [2.45, 2.75) is 31.4 Å². The molecule has 2 unspecified atom stereocenters. The molecule has 2 aromatic rings.